The Morgan fingerprint density at radius 1 is 1.22 bits per heavy atom. The molecule has 1 fully saturated rings. The van der Waals surface area contributed by atoms with Crippen LogP contribution in [0.1, 0.15) is 47.0 Å². The quantitative estimate of drug-likeness (QED) is 0.716. The summed E-state index contributed by atoms with van der Waals surface area (Å²) in [6, 6.07) is 0. The van der Waals surface area contributed by atoms with E-state index in [-0.39, 0.29) is 0 Å². The van der Waals surface area contributed by atoms with Gasteiger partial charge in [0.15, 0.2) is 0 Å². The highest BCUT2D eigenvalue weighted by Gasteiger charge is 2.23. The third kappa shape index (κ3) is 7.65. The van der Waals surface area contributed by atoms with Gasteiger partial charge in [-0.3, -0.25) is 0 Å². The molecule has 0 aliphatic carbocycles. The van der Waals surface area contributed by atoms with Crippen LogP contribution in [-0.4, -0.2) is 48.1 Å². The number of rotatable bonds is 7. The molecule has 0 aromatic heterocycles. The highest BCUT2D eigenvalue weighted by Crippen LogP contribution is 2.30. The maximum atomic E-state index is 3.58. The summed E-state index contributed by atoms with van der Waals surface area (Å²) in [6.45, 7) is 15.5. The molecular weight excluding hydrogens is 240 g/mol. The molecule has 0 amide bonds. The Morgan fingerprint density at radius 3 is 2.72 bits per heavy atom. The third-order valence-corrected chi connectivity index (χ3v) is 5.04. The topological polar surface area (TPSA) is 15.3 Å². The predicted octanol–water partition coefficient (Wildman–Crippen LogP) is 3.23. The number of nitrogens with one attached hydrogen (secondary N) is 1. The van der Waals surface area contributed by atoms with Gasteiger partial charge in [-0.05, 0) is 38.3 Å². The van der Waals surface area contributed by atoms with E-state index in [0.717, 1.165) is 12.5 Å². The van der Waals surface area contributed by atoms with Gasteiger partial charge in [0.25, 0.3) is 0 Å². The third-order valence-electron chi connectivity index (χ3n) is 3.67. The molecule has 0 spiro atoms. The molecule has 1 aliphatic rings. The van der Waals surface area contributed by atoms with E-state index in [4.69, 9.17) is 0 Å². The van der Waals surface area contributed by atoms with Gasteiger partial charge in [0.05, 0.1) is 0 Å². The van der Waals surface area contributed by atoms with Crippen LogP contribution in [0.15, 0.2) is 0 Å². The Hall–Kier alpha value is 0.270. The predicted molar refractivity (Wildman–Crippen MR) is 84.5 cm³/mol. The Labute approximate surface area is 118 Å². The lowest BCUT2D eigenvalue weighted by atomic mass is 10.1. The molecule has 3 heteroatoms. The van der Waals surface area contributed by atoms with Crippen molar-refractivity contribution in [3.63, 3.8) is 0 Å². The maximum Gasteiger partial charge on any atom is 0.0116 e. The first-order valence-electron chi connectivity index (χ1n) is 7.57. The van der Waals surface area contributed by atoms with Gasteiger partial charge in [-0.1, -0.05) is 27.7 Å². The Balaban J connectivity index is 2.02. The molecule has 0 unspecified atom stereocenters. The van der Waals surface area contributed by atoms with Gasteiger partial charge in [0, 0.05) is 30.1 Å². The van der Waals surface area contributed by atoms with Crippen LogP contribution in [0.25, 0.3) is 0 Å². The molecule has 18 heavy (non-hydrogen) atoms. The molecule has 0 atom stereocenters. The monoisotopic (exact) mass is 272 g/mol. The lowest BCUT2D eigenvalue weighted by molar-refractivity contribution is 0.283. The summed E-state index contributed by atoms with van der Waals surface area (Å²) in [5.41, 5.74) is 0. The second kappa shape index (κ2) is 8.44. The fraction of sp³-hybridized carbons (Fsp3) is 1.00. The van der Waals surface area contributed by atoms with Gasteiger partial charge >= 0.3 is 0 Å². The minimum atomic E-state index is 0.486. The summed E-state index contributed by atoms with van der Waals surface area (Å²) >= 11 is 2.13. The van der Waals surface area contributed by atoms with E-state index in [0.29, 0.717) is 4.75 Å². The van der Waals surface area contributed by atoms with Crippen LogP contribution in [-0.2, 0) is 0 Å². The van der Waals surface area contributed by atoms with E-state index in [1.54, 1.807) is 0 Å². The number of thioether (sulfide) groups is 1. The zero-order valence-corrected chi connectivity index (χ0v) is 13.6. The van der Waals surface area contributed by atoms with E-state index in [1.807, 2.05) is 0 Å². The molecule has 0 radical (unpaired) electrons. The van der Waals surface area contributed by atoms with Crippen molar-refractivity contribution in [3.05, 3.63) is 0 Å². The number of hydrogen-bond donors (Lipinski definition) is 1. The fourth-order valence-electron chi connectivity index (χ4n) is 2.28. The molecular formula is C15H32N2S. The minimum Gasteiger partial charge on any atom is -0.315 e. The normalized spacial score (nSPS) is 21.2. The molecule has 1 rings (SSSR count). The lowest BCUT2D eigenvalue weighted by Crippen LogP contribution is -2.34. The highest BCUT2D eigenvalue weighted by molar-refractivity contribution is 8.00. The lowest BCUT2D eigenvalue weighted by Gasteiger charge is -2.22. The van der Waals surface area contributed by atoms with Gasteiger partial charge in [0.2, 0.25) is 0 Å². The summed E-state index contributed by atoms with van der Waals surface area (Å²) in [5.74, 6) is 2.14. The van der Waals surface area contributed by atoms with E-state index < -0.39 is 0 Å². The molecule has 1 saturated heterocycles. The van der Waals surface area contributed by atoms with Gasteiger partial charge in [0.1, 0.15) is 0 Å². The Morgan fingerprint density at radius 2 is 2.00 bits per heavy atom. The Bertz CT molecular complexity index is 217. The zero-order valence-electron chi connectivity index (χ0n) is 12.8. The SMILES string of the molecule is CC(C)CCCNCCN1CCSC(C)(C)CC1. The van der Waals surface area contributed by atoms with E-state index in [9.17, 15) is 0 Å². The summed E-state index contributed by atoms with van der Waals surface area (Å²) in [5, 5.41) is 3.58. The van der Waals surface area contributed by atoms with Crippen molar-refractivity contribution in [2.45, 2.75) is 51.7 Å². The van der Waals surface area contributed by atoms with E-state index in [1.165, 1.54) is 51.2 Å². The van der Waals surface area contributed by atoms with E-state index in [2.05, 4.69) is 49.7 Å². The summed E-state index contributed by atoms with van der Waals surface area (Å²) in [4.78, 5) is 2.62. The van der Waals surface area contributed by atoms with Crippen molar-refractivity contribution in [1.82, 2.24) is 10.2 Å². The Kier molecular flexibility index (Phi) is 7.66. The maximum absolute atomic E-state index is 3.58. The van der Waals surface area contributed by atoms with Crippen molar-refractivity contribution in [1.29, 1.82) is 0 Å². The van der Waals surface area contributed by atoms with Crippen molar-refractivity contribution < 1.29 is 0 Å². The summed E-state index contributed by atoms with van der Waals surface area (Å²) in [6.07, 6.45) is 3.99. The molecule has 1 aliphatic heterocycles. The van der Waals surface area contributed by atoms with Crippen molar-refractivity contribution in [3.8, 4) is 0 Å². The van der Waals surface area contributed by atoms with Crippen LogP contribution in [0.3, 0.4) is 0 Å². The van der Waals surface area contributed by atoms with Crippen LogP contribution in [0.4, 0.5) is 0 Å². The molecule has 0 saturated carbocycles. The minimum absolute atomic E-state index is 0.486. The van der Waals surface area contributed by atoms with E-state index >= 15 is 0 Å². The zero-order chi connectivity index (χ0) is 13.4. The average molecular weight is 273 g/mol. The molecule has 0 bridgehead atoms. The van der Waals surface area contributed by atoms with Crippen LogP contribution in [0.2, 0.25) is 0 Å². The van der Waals surface area contributed by atoms with Gasteiger partial charge in [-0.15, -0.1) is 0 Å². The van der Waals surface area contributed by atoms with Gasteiger partial charge in [-0.2, -0.15) is 11.8 Å². The van der Waals surface area contributed by atoms with Crippen LogP contribution in [0.5, 0.6) is 0 Å². The van der Waals surface area contributed by atoms with Crippen LogP contribution >= 0.6 is 11.8 Å². The van der Waals surface area contributed by atoms with Gasteiger partial charge < -0.3 is 10.2 Å². The molecule has 1 N–H and O–H groups in total. The molecule has 1 heterocycles. The highest BCUT2D eigenvalue weighted by atomic mass is 32.2. The average Bonchev–Trinajstić information content (AvgIpc) is 2.45. The first kappa shape index (κ1) is 16.3. The number of hydrogen-bond acceptors (Lipinski definition) is 3. The van der Waals surface area contributed by atoms with Gasteiger partial charge in [-0.25, -0.2) is 0 Å². The molecule has 0 aromatic rings. The molecule has 2 nitrogen and oxygen atoms in total. The van der Waals surface area contributed by atoms with Crippen molar-refractivity contribution in [2.24, 2.45) is 5.92 Å². The molecule has 108 valence electrons. The van der Waals surface area contributed by atoms with Crippen molar-refractivity contribution >= 4 is 11.8 Å². The number of nitrogens with zero attached hydrogens (tertiary/aromatic N) is 1. The summed E-state index contributed by atoms with van der Waals surface area (Å²) < 4.78 is 0.486. The second-order valence-corrected chi connectivity index (χ2v) is 8.29. The standard InChI is InChI=1S/C15H32N2S/c1-14(2)6-5-8-16-9-11-17-10-7-15(3,4)18-13-12-17/h14,16H,5-13H2,1-4H3. The fourth-order valence-corrected chi connectivity index (χ4v) is 3.42. The second-order valence-electron chi connectivity index (χ2n) is 6.49. The molecule has 0 aromatic carbocycles. The smallest absolute Gasteiger partial charge is 0.0116 e. The summed E-state index contributed by atoms with van der Waals surface area (Å²) in [7, 11) is 0. The van der Waals surface area contributed by atoms with Crippen molar-refractivity contribution in [2.75, 3.05) is 38.5 Å². The largest absolute Gasteiger partial charge is 0.315 e. The first-order chi connectivity index (χ1) is 8.49. The van der Waals surface area contributed by atoms with Crippen LogP contribution < -0.4 is 5.32 Å². The first-order valence-corrected chi connectivity index (χ1v) is 8.55. The van der Waals surface area contributed by atoms with Crippen LogP contribution in [0, 0.1) is 5.92 Å².